The number of hydrogen-bond donors (Lipinski definition) is 1. The molecule has 3 nitrogen and oxygen atoms in total. The molecule has 1 aliphatic heterocycles. The minimum atomic E-state index is 0.123. The van der Waals surface area contributed by atoms with Gasteiger partial charge < -0.3 is 14.8 Å². The number of thiophene rings is 1. The maximum absolute atomic E-state index is 5.98. The SMILES string of the molecule is CCNC(c1cccc2c1OCCC2)c1sccc1OC. The van der Waals surface area contributed by atoms with Crippen LogP contribution < -0.4 is 14.8 Å². The van der Waals surface area contributed by atoms with E-state index in [2.05, 4.69) is 35.8 Å². The van der Waals surface area contributed by atoms with Crippen molar-refractivity contribution in [1.82, 2.24) is 5.32 Å². The van der Waals surface area contributed by atoms with Gasteiger partial charge in [0.05, 0.1) is 24.6 Å². The molecule has 21 heavy (non-hydrogen) atoms. The monoisotopic (exact) mass is 303 g/mol. The van der Waals surface area contributed by atoms with Gasteiger partial charge in [0, 0.05) is 5.56 Å². The fourth-order valence-electron chi connectivity index (χ4n) is 2.88. The molecule has 1 aromatic carbocycles. The highest BCUT2D eigenvalue weighted by molar-refractivity contribution is 7.10. The molecular formula is C17H21NO2S. The summed E-state index contributed by atoms with van der Waals surface area (Å²) in [7, 11) is 1.73. The highest BCUT2D eigenvalue weighted by Gasteiger charge is 2.25. The Bertz CT molecular complexity index is 609. The van der Waals surface area contributed by atoms with E-state index >= 15 is 0 Å². The average molecular weight is 303 g/mol. The number of nitrogens with one attached hydrogen (secondary N) is 1. The number of methoxy groups -OCH3 is 1. The third kappa shape index (κ3) is 2.78. The van der Waals surface area contributed by atoms with E-state index in [1.165, 1.54) is 16.0 Å². The second-order valence-electron chi connectivity index (χ2n) is 5.13. The molecule has 4 heteroatoms. The van der Waals surface area contributed by atoms with Gasteiger partial charge in [-0.1, -0.05) is 25.1 Å². The van der Waals surface area contributed by atoms with Gasteiger partial charge in [-0.3, -0.25) is 0 Å². The average Bonchev–Trinajstić information content (AvgIpc) is 3.00. The lowest BCUT2D eigenvalue weighted by molar-refractivity contribution is 0.283. The maximum atomic E-state index is 5.98. The molecule has 1 aromatic heterocycles. The Morgan fingerprint density at radius 2 is 2.29 bits per heavy atom. The summed E-state index contributed by atoms with van der Waals surface area (Å²) < 4.78 is 11.5. The molecule has 0 spiro atoms. The lowest BCUT2D eigenvalue weighted by Crippen LogP contribution is -2.23. The maximum Gasteiger partial charge on any atom is 0.134 e. The number of para-hydroxylation sites is 1. The van der Waals surface area contributed by atoms with E-state index < -0.39 is 0 Å². The van der Waals surface area contributed by atoms with Crippen molar-refractivity contribution in [3.63, 3.8) is 0 Å². The Kier molecular flexibility index (Phi) is 4.46. The molecule has 0 saturated heterocycles. The molecule has 0 bridgehead atoms. The van der Waals surface area contributed by atoms with E-state index in [0.717, 1.165) is 37.5 Å². The Hall–Kier alpha value is -1.52. The summed E-state index contributed by atoms with van der Waals surface area (Å²) in [5, 5.41) is 5.65. The smallest absolute Gasteiger partial charge is 0.134 e. The third-order valence-corrected chi connectivity index (χ3v) is 4.79. The van der Waals surface area contributed by atoms with Crippen LogP contribution in [0.4, 0.5) is 0 Å². The first kappa shape index (κ1) is 14.4. The van der Waals surface area contributed by atoms with Crippen LogP contribution in [0, 0.1) is 0 Å². The standard InChI is InChI=1S/C17H21NO2S/c1-3-18-15(17-14(19-2)9-11-21-17)13-8-4-6-12-7-5-10-20-16(12)13/h4,6,8-9,11,15,18H,3,5,7,10H2,1-2H3. The predicted molar refractivity (Wildman–Crippen MR) is 86.6 cm³/mol. The Balaban J connectivity index is 2.06. The lowest BCUT2D eigenvalue weighted by atomic mass is 9.97. The van der Waals surface area contributed by atoms with Gasteiger partial charge in [-0.2, -0.15) is 0 Å². The van der Waals surface area contributed by atoms with Gasteiger partial charge in [0.25, 0.3) is 0 Å². The zero-order valence-electron chi connectivity index (χ0n) is 12.5. The molecule has 0 radical (unpaired) electrons. The van der Waals surface area contributed by atoms with Crippen molar-refractivity contribution in [1.29, 1.82) is 0 Å². The van der Waals surface area contributed by atoms with Gasteiger partial charge in [0.1, 0.15) is 11.5 Å². The molecule has 1 atom stereocenters. The van der Waals surface area contributed by atoms with E-state index in [1.807, 2.05) is 6.07 Å². The van der Waals surface area contributed by atoms with Gasteiger partial charge in [-0.05, 0) is 36.4 Å². The first-order chi connectivity index (χ1) is 10.3. The van der Waals surface area contributed by atoms with E-state index in [9.17, 15) is 0 Å². The largest absolute Gasteiger partial charge is 0.496 e. The summed E-state index contributed by atoms with van der Waals surface area (Å²) in [5.41, 5.74) is 2.53. The van der Waals surface area contributed by atoms with Crippen LogP contribution in [0.25, 0.3) is 0 Å². The molecule has 0 saturated carbocycles. The summed E-state index contributed by atoms with van der Waals surface area (Å²) in [4.78, 5) is 1.21. The van der Waals surface area contributed by atoms with Crippen LogP contribution in [0.5, 0.6) is 11.5 Å². The Labute approximate surface area is 129 Å². The number of hydrogen-bond acceptors (Lipinski definition) is 4. The van der Waals surface area contributed by atoms with Crippen LogP contribution in [-0.4, -0.2) is 20.3 Å². The fraction of sp³-hybridized carbons (Fsp3) is 0.412. The summed E-state index contributed by atoms with van der Waals surface area (Å²) in [6.07, 6.45) is 2.20. The molecule has 1 N–H and O–H groups in total. The second kappa shape index (κ2) is 6.50. The van der Waals surface area contributed by atoms with Gasteiger partial charge in [0.15, 0.2) is 0 Å². The van der Waals surface area contributed by atoms with Crippen LogP contribution in [-0.2, 0) is 6.42 Å². The first-order valence-electron chi connectivity index (χ1n) is 7.44. The topological polar surface area (TPSA) is 30.5 Å². The van der Waals surface area contributed by atoms with Crippen molar-refractivity contribution in [2.75, 3.05) is 20.3 Å². The molecular weight excluding hydrogens is 282 g/mol. The van der Waals surface area contributed by atoms with E-state index in [-0.39, 0.29) is 6.04 Å². The van der Waals surface area contributed by atoms with E-state index in [0.29, 0.717) is 0 Å². The van der Waals surface area contributed by atoms with E-state index in [1.54, 1.807) is 18.4 Å². The first-order valence-corrected chi connectivity index (χ1v) is 8.32. The van der Waals surface area contributed by atoms with Crippen LogP contribution in [0.3, 0.4) is 0 Å². The van der Waals surface area contributed by atoms with Gasteiger partial charge in [-0.25, -0.2) is 0 Å². The molecule has 1 aliphatic rings. The molecule has 2 heterocycles. The highest BCUT2D eigenvalue weighted by Crippen LogP contribution is 2.40. The van der Waals surface area contributed by atoms with Gasteiger partial charge in [0.2, 0.25) is 0 Å². The number of fused-ring (bicyclic) bond motifs is 1. The zero-order valence-corrected chi connectivity index (χ0v) is 13.3. The van der Waals surface area contributed by atoms with Crippen molar-refractivity contribution in [2.24, 2.45) is 0 Å². The van der Waals surface area contributed by atoms with Gasteiger partial charge >= 0.3 is 0 Å². The third-order valence-electron chi connectivity index (χ3n) is 3.82. The second-order valence-corrected chi connectivity index (χ2v) is 6.08. The number of aryl methyl sites for hydroxylation is 1. The van der Waals surface area contributed by atoms with Crippen molar-refractivity contribution in [3.05, 3.63) is 45.6 Å². The van der Waals surface area contributed by atoms with Crippen LogP contribution in [0.2, 0.25) is 0 Å². The summed E-state index contributed by atoms with van der Waals surface area (Å²) in [6.45, 7) is 3.84. The molecule has 3 rings (SSSR count). The normalized spacial score (nSPS) is 15.1. The highest BCUT2D eigenvalue weighted by atomic mass is 32.1. The summed E-state index contributed by atoms with van der Waals surface area (Å²) >= 11 is 1.72. The minimum Gasteiger partial charge on any atom is -0.496 e. The van der Waals surface area contributed by atoms with Crippen molar-refractivity contribution in [2.45, 2.75) is 25.8 Å². The molecule has 0 fully saturated rings. The summed E-state index contributed by atoms with van der Waals surface area (Å²) in [5.74, 6) is 2.00. The Morgan fingerprint density at radius 3 is 3.10 bits per heavy atom. The zero-order chi connectivity index (χ0) is 14.7. The molecule has 112 valence electrons. The molecule has 2 aromatic rings. The summed E-state index contributed by atoms with van der Waals surface area (Å²) in [6, 6.07) is 8.62. The van der Waals surface area contributed by atoms with Crippen LogP contribution >= 0.6 is 11.3 Å². The van der Waals surface area contributed by atoms with Crippen molar-refractivity contribution < 1.29 is 9.47 Å². The fourth-order valence-corrected chi connectivity index (χ4v) is 3.83. The minimum absolute atomic E-state index is 0.123. The quantitative estimate of drug-likeness (QED) is 0.912. The lowest BCUT2D eigenvalue weighted by Gasteiger charge is -2.25. The van der Waals surface area contributed by atoms with Gasteiger partial charge in [-0.15, -0.1) is 11.3 Å². The molecule has 1 unspecified atom stereocenters. The molecule has 0 aliphatic carbocycles. The van der Waals surface area contributed by atoms with Crippen molar-refractivity contribution >= 4 is 11.3 Å². The predicted octanol–water partition coefficient (Wildman–Crippen LogP) is 3.78. The van der Waals surface area contributed by atoms with E-state index in [4.69, 9.17) is 9.47 Å². The van der Waals surface area contributed by atoms with Crippen LogP contribution in [0.15, 0.2) is 29.6 Å². The number of ether oxygens (including phenoxy) is 2. The Morgan fingerprint density at radius 1 is 1.38 bits per heavy atom. The van der Waals surface area contributed by atoms with Crippen LogP contribution in [0.1, 0.15) is 35.4 Å². The van der Waals surface area contributed by atoms with Crippen molar-refractivity contribution in [3.8, 4) is 11.5 Å². The number of benzene rings is 1. The molecule has 0 amide bonds. The number of rotatable bonds is 5.